The highest BCUT2D eigenvalue weighted by Gasteiger charge is 2.25. The first kappa shape index (κ1) is 20.0. The predicted molar refractivity (Wildman–Crippen MR) is 97.5 cm³/mol. The number of hydrogen-bond acceptors (Lipinski definition) is 4. The summed E-state index contributed by atoms with van der Waals surface area (Å²) in [6, 6.07) is 5.40. The van der Waals surface area contributed by atoms with Gasteiger partial charge in [0.1, 0.15) is 0 Å². The number of hydrogen-bond donors (Lipinski definition) is 3. The van der Waals surface area contributed by atoms with Gasteiger partial charge in [-0.2, -0.15) is 0 Å². The summed E-state index contributed by atoms with van der Waals surface area (Å²) in [5.74, 6) is -0.913. The molecule has 1 aliphatic rings. The zero-order chi connectivity index (χ0) is 19.1. The van der Waals surface area contributed by atoms with Gasteiger partial charge in [-0.3, -0.25) is 9.59 Å². The SMILES string of the molecule is C[C@H](OC(=O)C[C@@H](NC(N)=O)c1ccc(Cl)cc1)C(=O)NC1CCCC1. The Balaban J connectivity index is 1.91. The molecule has 1 saturated carbocycles. The fourth-order valence-corrected chi connectivity index (χ4v) is 3.10. The average Bonchev–Trinajstić information content (AvgIpc) is 3.07. The van der Waals surface area contributed by atoms with Gasteiger partial charge in [-0.25, -0.2) is 4.79 Å². The lowest BCUT2D eigenvalue weighted by molar-refractivity contribution is -0.155. The molecule has 2 atom stereocenters. The number of primary amides is 1. The summed E-state index contributed by atoms with van der Waals surface area (Å²) >= 11 is 5.85. The molecule has 8 heteroatoms. The average molecular weight is 382 g/mol. The molecule has 1 fully saturated rings. The first-order valence-corrected chi connectivity index (χ1v) is 9.04. The van der Waals surface area contributed by atoms with Crippen molar-refractivity contribution in [2.45, 2.75) is 57.2 Å². The standard InChI is InChI=1S/C18H24ClN3O4/c1-11(17(24)21-14-4-2-3-5-14)26-16(23)10-15(22-18(20)25)12-6-8-13(19)9-7-12/h6-9,11,14-15H,2-5,10H2,1H3,(H,21,24)(H3,20,22,25)/t11-,15+/m0/s1. The number of carbonyl (C=O) groups is 3. The van der Waals surface area contributed by atoms with Crippen molar-refractivity contribution in [2.24, 2.45) is 5.73 Å². The van der Waals surface area contributed by atoms with Crippen LogP contribution in [-0.2, 0) is 14.3 Å². The van der Waals surface area contributed by atoms with E-state index in [1.54, 1.807) is 24.3 Å². The summed E-state index contributed by atoms with van der Waals surface area (Å²) in [6.45, 7) is 1.53. The zero-order valence-corrected chi connectivity index (χ0v) is 15.4. The fraction of sp³-hybridized carbons (Fsp3) is 0.500. The predicted octanol–water partition coefficient (Wildman–Crippen LogP) is 2.43. The minimum absolute atomic E-state index is 0.147. The lowest BCUT2D eigenvalue weighted by atomic mass is 10.0. The van der Waals surface area contributed by atoms with Crippen LogP contribution in [0.2, 0.25) is 5.02 Å². The molecule has 0 aliphatic heterocycles. The summed E-state index contributed by atoms with van der Waals surface area (Å²) in [5, 5.41) is 5.92. The van der Waals surface area contributed by atoms with E-state index in [4.69, 9.17) is 22.1 Å². The molecule has 7 nitrogen and oxygen atoms in total. The first-order chi connectivity index (χ1) is 12.3. The van der Waals surface area contributed by atoms with Crippen molar-refractivity contribution in [1.82, 2.24) is 10.6 Å². The zero-order valence-electron chi connectivity index (χ0n) is 14.7. The third-order valence-electron chi connectivity index (χ3n) is 4.34. The minimum Gasteiger partial charge on any atom is -0.452 e. The lowest BCUT2D eigenvalue weighted by Crippen LogP contribution is -2.41. The van der Waals surface area contributed by atoms with Crippen LogP contribution in [0.25, 0.3) is 0 Å². The number of nitrogens with one attached hydrogen (secondary N) is 2. The molecule has 4 N–H and O–H groups in total. The van der Waals surface area contributed by atoms with Gasteiger partial charge in [0.05, 0.1) is 12.5 Å². The quantitative estimate of drug-likeness (QED) is 0.630. The molecule has 0 saturated heterocycles. The topological polar surface area (TPSA) is 111 Å². The van der Waals surface area contributed by atoms with Crippen molar-refractivity contribution in [3.05, 3.63) is 34.9 Å². The highest BCUT2D eigenvalue weighted by molar-refractivity contribution is 6.30. The van der Waals surface area contributed by atoms with Crippen molar-refractivity contribution < 1.29 is 19.1 Å². The normalized spacial score (nSPS) is 16.5. The second-order valence-corrected chi connectivity index (χ2v) is 6.88. The van der Waals surface area contributed by atoms with Crippen LogP contribution in [0.1, 0.15) is 50.6 Å². The maximum atomic E-state index is 12.2. The number of nitrogens with two attached hydrogens (primary N) is 1. The molecule has 2 rings (SSSR count). The van der Waals surface area contributed by atoms with E-state index in [1.807, 2.05) is 0 Å². The summed E-state index contributed by atoms with van der Waals surface area (Å²) in [7, 11) is 0. The molecule has 0 radical (unpaired) electrons. The molecule has 26 heavy (non-hydrogen) atoms. The number of ether oxygens (including phenoxy) is 1. The molecule has 1 aromatic rings. The van der Waals surface area contributed by atoms with Crippen LogP contribution in [0.4, 0.5) is 4.79 Å². The van der Waals surface area contributed by atoms with E-state index in [1.165, 1.54) is 6.92 Å². The summed E-state index contributed by atoms with van der Waals surface area (Å²) in [5.41, 5.74) is 5.85. The van der Waals surface area contributed by atoms with Gasteiger partial charge in [-0.05, 0) is 37.5 Å². The highest BCUT2D eigenvalue weighted by Crippen LogP contribution is 2.21. The Morgan fingerprint density at radius 2 is 1.85 bits per heavy atom. The van der Waals surface area contributed by atoms with Crippen LogP contribution in [0.3, 0.4) is 0 Å². The van der Waals surface area contributed by atoms with E-state index in [2.05, 4.69) is 10.6 Å². The van der Waals surface area contributed by atoms with Gasteiger partial charge >= 0.3 is 12.0 Å². The summed E-state index contributed by atoms with van der Waals surface area (Å²) in [4.78, 5) is 35.5. The maximum absolute atomic E-state index is 12.2. The highest BCUT2D eigenvalue weighted by atomic mass is 35.5. The molecule has 0 heterocycles. The van der Waals surface area contributed by atoms with Gasteiger partial charge in [0.2, 0.25) is 0 Å². The van der Waals surface area contributed by atoms with Gasteiger partial charge in [-0.15, -0.1) is 0 Å². The Kier molecular flexibility index (Phi) is 7.26. The summed E-state index contributed by atoms with van der Waals surface area (Å²) < 4.78 is 5.21. The van der Waals surface area contributed by atoms with Gasteiger partial charge < -0.3 is 21.1 Å². The van der Waals surface area contributed by atoms with Gasteiger partial charge in [0.15, 0.2) is 6.10 Å². The van der Waals surface area contributed by atoms with Crippen molar-refractivity contribution in [2.75, 3.05) is 0 Å². The van der Waals surface area contributed by atoms with Crippen molar-refractivity contribution >= 4 is 29.5 Å². The Hall–Kier alpha value is -2.28. The Morgan fingerprint density at radius 3 is 2.42 bits per heavy atom. The third-order valence-corrected chi connectivity index (χ3v) is 4.59. The van der Waals surface area contributed by atoms with Crippen LogP contribution in [0.5, 0.6) is 0 Å². The second kappa shape index (κ2) is 9.43. The molecule has 0 aromatic heterocycles. The second-order valence-electron chi connectivity index (χ2n) is 6.44. The largest absolute Gasteiger partial charge is 0.452 e. The Labute approximate surface area is 157 Å². The molecule has 0 bridgehead atoms. The molecular formula is C18H24ClN3O4. The molecule has 1 aromatic carbocycles. The number of urea groups is 1. The maximum Gasteiger partial charge on any atom is 0.312 e. The Morgan fingerprint density at radius 1 is 1.23 bits per heavy atom. The van der Waals surface area contributed by atoms with E-state index in [-0.39, 0.29) is 18.4 Å². The number of benzene rings is 1. The van der Waals surface area contributed by atoms with Crippen molar-refractivity contribution in [3.8, 4) is 0 Å². The van der Waals surface area contributed by atoms with Crippen LogP contribution >= 0.6 is 11.6 Å². The van der Waals surface area contributed by atoms with E-state index >= 15 is 0 Å². The molecule has 1 aliphatic carbocycles. The van der Waals surface area contributed by atoms with Crippen molar-refractivity contribution in [1.29, 1.82) is 0 Å². The fourth-order valence-electron chi connectivity index (χ4n) is 2.97. The number of esters is 1. The van der Waals surface area contributed by atoms with Crippen molar-refractivity contribution in [3.63, 3.8) is 0 Å². The number of amides is 3. The molecule has 142 valence electrons. The monoisotopic (exact) mass is 381 g/mol. The molecule has 0 spiro atoms. The smallest absolute Gasteiger partial charge is 0.312 e. The van der Waals surface area contributed by atoms with Crippen LogP contribution in [0.15, 0.2) is 24.3 Å². The number of rotatable bonds is 7. The van der Waals surface area contributed by atoms with E-state index in [0.29, 0.717) is 10.6 Å². The van der Waals surface area contributed by atoms with Crippen LogP contribution in [-0.4, -0.2) is 30.1 Å². The first-order valence-electron chi connectivity index (χ1n) is 8.66. The number of halogens is 1. The van der Waals surface area contributed by atoms with E-state index < -0.39 is 24.1 Å². The summed E-state index contributed by atoms with van der Waals surface area (Å²) in [6.07, 6.45) is 3.05. The van der Waals surface area contributed by atoms with Gasteiger partial charge in [0, 0.05) is 11.1 Å². The lowest BCUT2D eigenvalue weighted by Gasteiger charge is -2.20. The van der Waals surface area contributed by atoms with E-state index in [0.717, 1.165) is 25.7 Å². The van der Waals surface area contributed by atoms with Gasteiger partial charge in [-0.1, -0.05) is 36.6 Å². The number of carbonyl (C=O) groups excluding carboxylic acids is 3. The molecule has 0 unspecified atom stereocenters. The third kappa shape index (κ3) is 6.22. The van der Waals surface area contributed by atoms with E-state index in [9.17, 15) is 14.4 Å². The molecule has 3 amide bonds. The minimum atomic E-state index is -0.900. The van der Waals surface area contributed by atoms with Crippen LogP contribution in [0, 0.1) is 0 Å². The van der Waals surface area contributed by atoms with Crippen LogP contribution < -0.4 is 16.4 Å². The Bertz CT molecular complexity index is 644. The molecular weight excluding hydrogens is 358 g/mol. The van der Waals surface area contributed by atoms with Gasteiger partial charge in [0.25, 0.3) is 5.91 Å².